The average molecular weight is 451 g/mol. The van der Waals surface area contributed by atoms with Gasteiger partial charge in [-0.25, -0.2) is 10.5 Å². The van der Waals surface area contributed by atoms with Crippen molar-refractivity contribution in [2.24, 2.45) is 5.10 Å². The Morgan fingerprint density at radius 2 is 1.53 bits per heavy atom. The number of fused-ring (bicyclic) bond motifs is 1. The number of amides is 2. The molecule has 8 heteroatoms. The van der Waals surface area contributed by atoms with Crippen LogP contribution in [0.15, 0.2) is 101 Å². The Balaban J connectivity index is 1.60. The van der Waals surface area contributed by atoms with Crippen LogP contribution in [0.4, 0.5) is 0 Å². The van der Waals surface area contributed by atoms with Crippen molar-refractivity contribution in [1.29, 1.82) is 0 Å². The molecule has 0 radical (unpaired) electrons. The first-order valence-electron chi connectivity index (χ1n) is 10.5. The van der Waals surface area contributed by atoms with E-state index in [9.17, 15) is 14.4 Å². The molecule has 0 aliphatic carbocycles. The summed E-state index contributed by atoms with van der Waals surface area (Å²) in [5.74, 6) is -1.08. The van der Waals surface area contributed by atoms with Crippen LogP contribution in [0.5, 0.6) is 0 Å². The van der Waals surface area contributed by atoms with Crippen LogP contribution in [0.2, 0.25) is 0 Å². The van der Waals surface area contributed by atoms with Crippen LogP contribution in [0.1, 0.15) is 27.7 Å². The quantitative estimate of drug-likeness (QED) is 0.295. The minimum absolute atomic E-state index is 0.201. The predicted octanol–water partition coefficient (Wildman–Crippen LogP) is 3.21. The highest BCUT2D eigenvalue weighted by atomic mass is 16.2. The standard InChI is InChI=1S/C26H21N5O3/c32-24(19-13-5-2-6-14-19)28-23(22-20-15-7-8-16-21(20)25(33)31-29-22)26(34)30-27-17-9-12-18-10-3-1-4-11-18/h1-17,23H,(H,28,32)(H,30,34)(H,31,33)/b12-9-,27-17?/t23-/m1/s1. The number of carbonyl (C=O) groups excluding carboxylic acids is 2. The van der Waals surface area contributed by atoms with Crippen molar-refractivity contribution in [1.82, 2.24) is 20.9 Å². The summed E-state index contributed by atoms with van der Waals surface area (Å²) >= 11 is 0. The van der Waals surface area contributed by atoms with Gasteiger partial charge < -0.3 is 5.32 Å². The summed E-state index contributed by atoms with van der Waals surface area (Å²) in [6, 6.07) is 23.7. The van der Waals surface area contributed by atoms with E-state index < -0.39 is 23.4 Å². The van der Waals surface area contributed by atoms with Gasteiger partial charge in [-0.15, -0.1) is 0 Å². The fourth-order valence-electron chi connectivity index (χ4n) is 3.34. The summed E-state index contributed by atoms with van der Waals surface area (Å²) in [4.78, 5) is 38.1. The first-order valence-corrected chi connectivity index (χ1v) is 10.5. The fraction of sp³-hybridized carbons (Fsp3) is 0.0385. The normalized spacial score (nSPS) is 12.1. The lowest BCUT2D eigenvalue weighted by Crippen LogP contribution is -2.40. The molecular weight excluding hydrogens is 430 g/mol. The van der Waals surface area contributed by atoms with E-state index in [0.717, 1.165) is 5.56 Å². The molecule has 0 spiro atoms. The van der Waals surface area contributed by atoms with E-state index in [4.69, 9.17) is 0 Å². The van der Waals surface area contributed by atoms with Crippen LogP contribution < -0.4 is 16.3 Å². The van der Waals surface area contributed by atoms with Crippen molar-refractivity contribution in [3.63, 3.8) is 0 Å². The number of allylic oxidation sites excluding steroid dienone is 1. The van der Waals surface area contributed by atoms with E-state index in [1.807, 2.05) is 36.4 Å². The van der Waals surface area contributed by atoms with Crippen LogP contribution in [-0.2, 0) is 4.79 Å². The van der Waals surface area contributed by atoms with Crippen molar-refractivity contribution >= 4 is 34.9 Å². The molecule has 0 bridgehead atoms. The van der Waals surface area contributed by atoms with E-state index in [1.165, 1.54) is 6.21 Å². The van der Waals surface area contributed by atoms with Gasteiger partial charge in [0.05, 0.1) is 5.39 Å². The number of nitrogens with one attached hydrogen (secondary N) is 3. The van der Waals surface area contributed by atoms with Gasteiger partial charge in [0.2, 0.25) is 0 Å². The van der Waals surface area contributed by atoms with Gasteiger partial charge in [-0.1, -0.05) is 72.8 Å². The molecule has 168 valence electrons. The second kappa shape index (κ2) is 10.6. The summed E-state index contributed by atoms with van der Waals surface area (Å²) in [6.45, 7) is 0. The van der Waals surface area contributed by atoms with Crippen molar-refractivity contribution in [2.45, 2.75) is 6.04 Å². The number of carbonyl (C=O) groups is 2. The highest BCUT2D eigenvalue weighted by molar-refractivity contribution is 5.99. The molecule has 0 aliphatic rings. The lowest BCUT2D eigenvalue weighted by Gasteiger charge is -2.18. The molecule has 0 fully saturated rings. The molecule has 1 atom stereocenters. The molecule has 4 rings (SSSR count). The van der Waals surface area contributed by atoms with Gasteiger partial charge in [-0.05, 0) is 29.8 Å². The van der Waals surface area contributed by atoms with Crippen molar-refractivity contribution < 1.29 is 9.59 Å². The Kier molecular flexibility index (Phi) is 7.00. The fourth-order valence-corrected chi connectivity index (χ4v) is 3.34. The number of H-pyrrole nitrogens is 1. The zero-order valence-electron chi connectivity index (χ0n) is 18.0. The Morgan fingerprint density at radius 1 is 0.882 bits per heavy atom. The van der Waals surface area contributed by atoms with E-state index >= 15 is 0 Å². The van der Waals surface area contributed by atoms with E-state index in [0.29, 0.717) is 16.3 Å². The van der Waals surface area contributed by atoms with Crippen molar-refractivity contribution in [3.05, 3.63) is 118 Å². The number of hydrazone groups is 1. The number of benzene rings is 3. The van der Waals surface area contributed by atoms with E-state index in [-0.39, 0.29) is 5.69 Å². The number of rotatable bonds is 7. The molecule has 4 aromatic rings. The number of hydrogen-bond donors (Lipinski definition) is 3. The molecule has 0 aliphatic heterocycles. The molecule has 34 heavy (non-hydrogen) atoms. The Bertz CT molecular complexity index is 1410. The average Bonchev–Trinajstić information content (AvgIpc) is 2.88. The summed E-state index contributed by atoms with van der Waals surface area (Å²) < 4.78 is 0. The number of aromatic nitrogens is 2. The van der Waals surface area contributed by atoms with Gasteiger partial charge in [0, 0.05) is 17.2 Å². The van der Waals surface area contributed by atoms with Crippen molar-refractivity contribution in [3.8, 4) is 0 Å². The van der Waals surface area contributed by atoms with Gasteiger partial charge in [-0.3, -0.25) is 14.4 Å². The zero-order valence-corrected chi connectivity index (χ0v) is 18.0. The Hall–Kier alpha value is -4.85. The second-order valence-corrected chi connectivity index (χ2v) is 7.28. The number of nitrogens with zero attached hydrogens (tertiary/aromatic N) is 2. The molecule has 2 amide bonds. The summed E-state index contributed by atoms with van der Waals surface area (Å²) in [5.41, 5.74) is 3.61. The largest absolute Gasteiger partial charge is 0.335 e. The van der Waals surface area contributed by atoms with Gasteiger partial charge >= 0.3 is 0 Å². The minimum atomic E-state index is -1.20. The summed E-state index contributed by atoms with van der Waals surface area (Å²) in [5, 5.41) is 13.9. The van der Waals surface area contributed by atoms with Gasteiger partial charge in [0.15, 0.2) is 6.04 Å². The number of aromatic amines is 1. The van der Waals surface area contributed by atoms with Crippen LogP contribution in [0.3, 0.4) is 0 Å². The molecular formula is C26H21N5O3. The smallest absolute Gasteiger partial charge is 0.272 e. The Morgan fingerprint density at radius 3 is 2.26 bits per heavy atom. The SMILES string of the molecule is O=C(N[C@@H](C(=O)NN=C/C=C\c1ccccc1)c1n[nH]c(=O)c2ccccc12)c1ccccc1. The Labute approximate surface area is 195 Å². The molecule has 0 saturated carbocycles. The summed E-state index contributed by atoms with van der Waals surface area (Å²) in [6.07, 6.45) is 4.95. The highest BCUT2D eigenvalue weighted by Gasteiger charge is 2.27. The zero-order chi connectivity index (χ0) is 23.8. The summed E-state index contributed by atoms with van der Waals surface area (Å²) in [7, 11) is 0. The molecule has 3 aromatic carbocycles. The van der Waals surface area contributed by atoms with E-state index in [1.54, 1.807) is 60.7 Å². The van der Waals surface area contributed by atoms with Gasteiger partial charge in [0.1, 0.15) is 5.69 Å². The first-order chi connectivity index (χ1) is 16.6. The number of hydrogen-bond acceptors (Lipinski definition) is 5. The molecule has 0 saturated heterocycles. The monoisotopic (exact) mass is 451 g/mol. The predicted molar refractivity (Wildman–Crippen MR) is 131 cm³/mol. The van der Waals surface area contributed by atoms with Crippen LogP contribution in [0.25, 0.3) is 16.8 Å². The topological polar surface area (TPSA) is 116 Å². The van der Waals surface area contributed by atoms with Gasteiger partial charge in [0.25, 0.3) is 17.4 Å². The van der Waals surface area contributed by atoms with Crippen LogP contribution in [-0.4, -0.2) is 28.2 Å². The minimum Gasteiger partial charge on any atom is -0.335 e. The molecule has 3 N–H and O–H groups in total. The molecule has 8 nitrogen and oxygen atoms in total. The lowest BCUT2D eigenvalue weighted by molar-refractivity contribution is -0.123. The van der Waals surface area contributed by atoms with Crippen LogP contribution >= 0.6 is 0 Å². The maximum Gasteiger partial charge on any atom is 0.272 e. The van der Waals surface area contributed by atoms with Crippen molar-refractivity contribution in [2.75, 3.05) is 0 Å². The third-order valence-corrected chi connectivity index (χ3v) is 5.00. The third kappa shape index (κ3) is 5.31. The van der Waals surface area contributed by atoms with Gasteiger partial charge in [-0.2, -0.15) is 10.2 Å². The second-order valence-electron chi connectivity index (χ2n) is 7.28. The van der Waals surface area contributed by atoms with Crippen LogP contribution in [0, 0.1) is 0 Å². The molecule has 1 heterocycles. The molecule has 1 aromatic heterocycles. The third-order valence-electron chi connectivity index (χ3n) is 5.00. The highest BCUT2D eigenvalue weighted by Crippen LogP contribution is 2.20. The maximum absolute atomic E-state index is 13.1. The first kappa shape index (κ1) is 22.3. The maximum atomic E-state index is 13.1. The van der Waals surface area contributed by atoms with E-state index in [2.05, 4.69) is 26.0 Å². The molecule has 0 unspecified atom stereocenters. The lowest BCUT2D eigenvalue weighted by atomic mass is 10.0.